The van der Waals surface area contributed by atoms with E-state index in [-0.39, 0.29) is 17.5 Å². The second-order valence-corrected chi connectivity index (χ2v) is 10.2. The monoisotopic (exact) mass is 619 g/mol. The van der Waals surface area contributed by atoms with Crippen molar-refractivity contribution in [3.05, 3.63) is 89.0 Å². The molecule has 0 fully saturated rings. The Morgan fingerprint density at radius 1 is 0.930 bits per heavy atom. The summed E-state index contributed by atoms with van der Waals surface area (Å²) < 4.78 is 45.1. The summed E-state index contributed by atoms with van der Waals surface area (Å²) in [6.45, 7) is 2.69. The van der Waals surface area contributed by atoms with Gasteiger partial charge in [0.25, 0.3) is 11.7 Å². The number of rotatable bonds is 12. The molecule has 1 aromatic heterocycles. The average molecular weight is 620 g/mol. The number of ether oxygens (including phenoxy) is 1. The number of benzene rings is 2. The third-order valence-corrected chi connectivity index (χ3v) is 6.51. The zero-order valence-electron chi connectivity index (χ0n) is 23.3. The Bertz CT molecular complexity index is 1460. The minimum Gasteiger partial charge on any atom is -0.497 e. The second-order valence-electron chi connectivity index (χ2n) is 9.80. The van der Waals surface area contributed by atoms with E-state index in [1.165, 1.54) is 57.9 Å². The highest BCUT2D eigenvalue weighted by Crippen LogP contribution is 2.24. The molecule has 0 unspecified atom stereocenters. The Hall–Kier alpha value is -4.52. The first-order valence-electron chi connectivity index (χ1n) is 13.0. The number of carbonyl (C=O) groups excluding carboxylic acids is 4. The highest BCUT2D eigenvalue weighted by Gasteiger charge is 2.45. The molecule has 10 nitrogen and oxygen atoms in total. The normalized spacial score (nSPS) is 13.4. The van der Waals surface area contributed by atoms with E-state index in [0.717, 1.165) is 0 Å². The van der Waals surface area contributed by atoms with Crippen molar-refractivity contribution in [1.82, 2.24) is 25.9 Å². The van der Waals surface area contributed by atoms with Gasteiger partial charge in [0.1, 0.15) is 24.2 Å². The van der Waals surface area contributed by atoms with E-state index in [0.29, 0.717) is 16.3 Å². The fourth-order valence-corrected chi connectivity index (χ4v) is 4.29. The van der Waals surface area contributed by atoms with Crippen LogP contribution in [0.5, 0.6) is 5.75 Å². The highest BCUT2D eigenvalue weighted by molar-refractivity contribution is 6.30. The maximum atomic E-state index is 13.7. The molecule has 0 bridgehead atoms. The molecule has 0 saturated heterocycles. The largest absolute Gasteiger partial charge is 0.497 e. The van der Waals surface area contributed by atoms with Gasteiger partial charge in [0.2, 0.25) is 11.8 Å². The van der Waals surface area contributed by atoms with Gasteiger partial charge in [0.05, 0.1) is 18.7 Å². The van der Waals surface area contributed by atoms with Crippen LogP contribution >= 0.6 is 11.6 Å². The quantitative estimate of drug-likeness (QED) is 0.281. The highest BCUT2D eigenvalue weighted by atomic mass is 35.5. The number of hydrogen-bond acceptors (Lipinski definition) is 7. The number of methoxy groups -OCH3 is 1. The summed E-state index contributed by atoms with van der Waals surface area (Å²) in [7, 11) is 1.37. The summed E-state index contributed by atoms with van der Waals surface area (Å²) in [6, 6.07) is 7.68. The molecule has 3 N–H and O–H groups in total. The van der Waals surface area contributed by atoms with Crippen LogP contribution in [0.2, 0.25) is 5.02 Å². The predicted molar refractivity (Wildman–Crippen MR) is 150 cm³/mol. The molecule has 0 aliphatic rings. The van der Waals surface area contributed by atoms with E-state index in [1.54, 1.807) is 30.3 Å². The molecule has 3 aromatic rings. The van der Waals surface area contributed by atoms with Crippen molar-refractivity contribution in [2.45, 2.75) is 44.6 Å². The van der Waals surface area contributed by atoms with Crippen LogP contribution in [-0.2, 0) is 20.8 Å². The lowest BCUT2D eigenvalue weighted by molar-refractivity contribution is -0.175. The van der Waals surface area contributed by atoms with E-state index in [4.69, 9.17) is 16.3 Å². The minimum atomic E-state index is -5.20. The first-order valence-corrected chi connectivity index (χ1v) is 13.3. The number of Topliss-reactive ketones (excluding diaryl/α,β-unsaturated/α-hetero) is 1. The zero-order chi connectivity index (χ0) is 31.7. The van der Waals surface area contributed by atoms with Crippen LogP contribution in [-0.4, -0.2) is 58.8 Å². The SMILES string of the molecule is COc1cccc([C@H](NC(=O)[C@@H](Cc2cccc(Cl)c2)NC(=O)c2cncnc2)C(=O)N[C@H](C(=O)C(F)(F)F)C(C)C)c1. The molecule has 0 spiro atoms. The van der Waals surface area contributed by atoms with Gasteiger partial charge in [-0.1, -0.05) is 49.7 Å². The van der Waals surface area contributed by atoms with Gasteiger partial charge < -0.3 is 20.7 Å². The lowest BCUT2D eigenvalue weighted by Crippen LogP contribution is -2.55. The third kappa shape index (κ3) is 9.23. The smallest absolute Gasteiger partial charge is 0.452 e. The van der Waals surface area contributed by atoms with E-state index in [1.807, 2.05) is 0 Å². The summed E-state index contributed by atoms with van der Waals surface area (Å²) in [5, 5.41) is 7.62. The molecular formula is C29H29ClF3N5O5. The second kappa shape index (κ2) is 14.6. The lowest BCUT2D eigenvalue weighted by atomic mass is 9.97. The molecule has 0 aliphatic heterocycles. The Labute approximate surface area is 250 Å². The van der Waals surface area contributed by atoms with Gasteiger partial charge in [-0.3, -0.25) is 19.2 Å². The van der Waals surface area contributed by atoms with Crippen molar-refractivity contribution in [1.29, 1.82) is 0 Å². The summed E-state index contributed by atoms with van der Waals surface area (Å²) in [4.78, 5) is 59.8. The van der Waals surface area contributed by atoms with Crippen LogP contribution in [0, 0.1) is 5.92 Å². The van der Waals surface area contributed by atoms with Gasteiger partial charge in [-0.05, 0) is 41.3 Å². The van der Waals surface area contributed by atoms with Gasteiger partial charge in [0.15, 0.2) is 0 Å². The first-order chi connectivity index (χ1) is 20.3. The van der Waals surface area contributed by atoms with Crippen molar-refractivity contribution in [3.63, 3.8) is 0 Å². The van der Waals surface area contributed by atoms with E-state index < -0.39 is 53.7 Å². The summed E-state index contributed by atoms with van der Waals surface area (Å²) in [5.74, 6) is -5.39. The van der Waals surface area contributed by atoms with E-state index >= 15 is 0 Å². The van der Waals surface area contributed by atoms with Crippen LogP contribution in [0.15, 0.2) is 67.3 Å². The van der Waals surface area contributed by atoms with Gasteiger partial charge in [-0.15, -0.1) is 0 Å². The van der Waals surface area contributed by atoms with E-state index in [2.05, 4.69) is 25.9 Å². The number of aromatic nitrogens is 2. The van der Waals surface area contributed by atoms with Crippen molar-refractivity contribution in [2.75, 3.05) is 7.11 Å². The summed E-state index contributed by atoms with van der Waals surface area (Å²) in [5.41, 5.74) is 0.769. The molecule has 3 amide bonds. The lowest BCUT2D eigenvalue weighted by Gasteiger charge is -2.27. The third-order valence-electron chi connectivity index (χ3n) is 6.28. The molecule has 14 heteroatoms. The van der Waals surface area contributed by atoms with Gasteiger partial charge in [-0.25, -0.2) is 9.97 Å². The molecule has 228 valence electrons. The van der Waals surface area contributed by atoms with Crippen LogP contribution < -0.4 is 20.7 Å². The summed E-state index contributed by atoms with van der Waals surface area (Å²) in [6.07, 6.45) is -1.57. The molecule has 1 heterocycles. The van der Waals surface area contributed by atoms with E-state index in [9.17, 15) is 32.3 Å². The van der Waals surface area contributed by atoms with Crippen molar-refractivity contribution < 1.29 is 37.1 Å². The predicted octanol–water partition coefficient (Wildman–Crippen LogP) is 3.61. The zero-order valence-corrected chi connectivity index (χ0v) is 24.1. The first kappa shape index (κ1) is 33.0. The molecule has 3 rings (SSSR count). The number of amides is 3. The number of nitrogens with one attached hydrogen (secondary N) is 3. The molecular weight excluding hydrogens is 591 g/mol. The van der Waals surface area contributed by atoms with Crippen LogP contribution in [0.4, 0.5) is 13.2 Å². The van der Waals surface area contributed by atoms with Gasteiger partial charge in [0, 0.05) is 23.8 Å². The number of ketones is 1. The van der Waals surface area contributed by atoms with Crippen LogP contribution in [0.3, 0.4) is 0 Å². The number of hydrogen-bond donors (Lipinski definition) is 3. The van der Waals surface area contributed by atoms with Gasteiger partial charge in [-0.2, -0.15) is 13.2 Å². The number of alkyl halides is 3. The standard InChI is InChI=1S/C29H29ClF3N5O5/c1-16(2)23(25(39)29(31,32)33)37-28(42)24(18-7-5-9-21(12-18)43-3)38-27(41)22(11-17-6-4-8-20(30)10-17)36-26(40)19-13-34-15-35-14-19/h4-10,12-16,22-24H,11H2,1-3H3,(H,36,40)(H,37,42)(H,38,41)/t22-,23+,24+/m1/s1. The molecule has 43 heavy (non-hydrogen) atoms. The Morgan fingerprint density at radius 2 is 1.60 bits per heavy atom. The van der Waals surface area contributed by atoms with Crippen molar-refractivity contribution >= 4 is 35.1 Å². The maximum absolute atomic E-state index is 13.7. The van der Waals surface area contributed by atoms with Crippen LogP contribution in [0.1, 0.15) is 41.4 Å². The molecule has 3 atom stereocenters. The summed E-state index contributed by atoms with van der Waals surface area (Å²) >= 11 is 6.10. The van der Waals surface area contributed by atoms with Crippen molar-refractivity contribution in [2.24, 2.45) is 5.92 Å². The molecule has 0 radical (unpaired) electrons. The maximum Gasteiger partial charge on any atom is 0.452 e. The van der Waals surface area contributed by atoms with Crippen molar-refractivity contribution in [3.8, 4) is 5.75 Å². The number of carbonyl (C=O) groups is 4. The van der Waals surface area contributed by atoms with Gasteiger partial charge >= 0.3 is 6.18 Å². The Morgan fingerprint density at radius 3 is 2.21 bits per heavy atom. The minimum absolute atomic E-state index is 0.0546. The fraction of sp³-hybridized carbons (Fsp3) is 0.310. The Balaban J connectivity index is 1.97. The van der Waals surface area contributed by atoms with Crippen LogP contribution in [0.25, 0.3) is 0 Å². The molecule has 0 saturated carbocycles. The Kier molecular flexibility index (Phi) is 11.2. The molecule has 2 aromatic carbocycles. The number of halogens is 4. The number of nitrogens with zero attached hydrogens (tertiary/aromatic N) is 2. The molecule has 0 aliphatic carbocycles. The average Bonchev–Trinajstić information content (AvgIpc) is 2.97. The fourth-order valence-electron chi connectivity index (χ4n) is 4.08. The topological polar surface area (TPSA) is 139 Å².